The Kier molecular flexibility index (Phi) is 5.32. The molecule has 0 amide bonds. The van der Waals surface area contributed by atoms with Crippen molar-refractivity contribution in [2.24, 2.45) is 0 Å². The Morgan fingerprint density at radius 2 is 1.94 bits per heavy atom. The smallest absolute Gasteiger partial charge is 0.150 e. The first-order chi connectivity index (χ1) is 8.48. The number of aliphatic hydroxyl groups excluding tert-OH is 1. The first-order valence-electron chi connectivity index (χ1n) is 5.87. The molecule has 0 heterocycles. The van der Waals surface area contributed by atoms with E-state index in [2.05, 4.69) is 0 Å². The largest absolute Gasteiger partial charge is 0.388 e. The van der Waals surface area contributed by atoms with Crippen molar-refractivity contribution in [2.75, 3.05) is 11.5 Å². The maximum absolute atomic E-state index is 11.3. The Balaban J connectivity index is 2.50. The molecule has 1 aromatic carbocycles. The van der Waals surface area contributed by atoms with Crippen LogP contribution >= 0.6 is 0 Å². The number of benzene rings is 1. The molecule has 4 nitrogen and oxygen atoms in total. The number of aliphatic hydroxyl groups is 1. The average Bonchev–Trinajstić information content (AvgIpc) is 2.38. The summed E-state index contributed by atoms with van der Waals surface area (Å²) in [5.41, 5.74) is 1.25. The monoisotopic (exact) mass is 267 g/mol. The van der Waals surface area contributed by atoms with Gasteiger partial charge in [-0.3, -0.25) is 0 Å². The Labute approximate surface area is 108 Å². The van der Waals surface area contributed by atoms with E-state index >= 15 is 0 Å². The summed E-state index contributed by atoms with van der Waals surface area (Å²) in [5.74, 6) is 0.247. The zero-order chi connectivity index (χ0) is 13.6. The number of hydrogen-bond donors (Lipinski definition) is 1. The first kappa shape index (κ1) is 14.7. The molecule has 5 heteroatoms. The molecule has 98 valence electrons. The molecule has 0 radical (unpaired) electrons. The van der Waals surface area contributed by atoms with E-state index < -0.39 is 15.9 Å². The number of nitrogens with zero attached hydrogens (tertiary/aromatic N) is 1. The average molecular weight is 267 g/mol. The minimum Gasteiger partial charge on any atom is -0.388 e. The molecular formula is C13H17NO3S. The van der Waals surface area contributed by atoms with Crippen molar-refractivity contribution < 1.29 is 13.5 Å². The lowest BCUT2D eigenvalue weighted by Crippen LogP contribution is -2.10. The third kappa shape index (κ3) is 4.47. The number of sulfone groups is 1. The maximum atomic E-state index is 11.3. The zero-order valence-electron chi connectivity index (χ0n) is 10.3. The Morgan fingerprint density at radius 1 is 1.33 bits per heavy atom. The molecule has 0 fully saturated rings. The predicted molar refractivity (Wildman–Crippen MR) is 69.7 cm³/mol. The molecule has 0 saturated heterocycles. The number of nitriles is 1. The second-order valence-corrected chi connectivity index (χ2v) is 6.60. The Hall–Kier alpha value is -1.38. The third-order valence-corrected chi connectivity index (χ3v) is 4.59. The normalized spacial score (nSPS) is 12.9. The van der Waals surface area contributed by atoms with E-state index in [9.17, 15) is 13.5 Å². The highest BCUT2D eigenvalue weighted by Gasteiger charge is 2.11. The minimum absolute atomic E-state index is 0.108. The van der Waals surface area contributed by atoms with Crippen LogP contribution in [0.15, 0.2) is 24.3 Å². The molecule has 0 bridgehead atoms. The van der Waals surface area contributed by atoms with Gasteiger partial charge in [-0.15, -0.1) is 0 Å². The van der Waals surface area contributed by atoms with Crippen molar-refractivity contribution >= 4 is 9.84 Å². The molecule has 0 saturated carbocycles. The predicted octanol–water partition coefficient (Wildman–Crippen LogP) is 1.81. The molecule has 0 aliphatic rings. The first-order valence-corrected chi connectivity index (χ1v) is 7.69. The van der Waals surface area contributed by atoms with Gasteiger partial charge in [-0.2, -0.15) is 5.26 Å². The third-order valence-electron chi connectivity index (χ3n) is 2.80. The van der Waals surface area contributed by atoms with Crippen LogP contribution in [0, 0.1) is 11.3 Å². The summed E-state index contributed by atoms with van der Waals surface area (Å²) in [6.45, 7) is 1.62. The van der Waals surface area contributed by atoms with Crippen molar-refractivity contribution in [1.29, 1.82) is 5.26 Å². The highest BCUT2D eigenvalue weighted by atomic mass is 32.2. The highest BCUT2D eigenvalue weighted by molar-refractivity contribution is 7.91. The van der Waals surface area contributed by atoms with E-state index in [1.54, 1.807) is 31.2 Å². The van der Waals surface area contributed by atoms with Crippen LogP contribution in [0.4, 0.5) is 0 Å². The second kappa shape index (κ2) is 6.53. The van der Waals surface area contributed by atoms with Gasteiger partial charge < -0.3 is 5.11 Å². The van der Waals surface area contributed by atoms with Gasteiger partial charge in [0.1, 0.15) is 9.84 Å². The molecule has 0 aliphatic heterocycles. The van der Waals surface area contributed by atoms with Crippen molar-refractivity contribution in [1.82, 2.24) is 0 Å². The van der Waals surface area contributed by atoms with Crippen molar-refractivity contribution in [3.8, 4) is 6.07 Å². The van der Waals surface area contributed by atoms with Crippen LogP contribution in [-0.2, 0) is 9.84 Å². The number of rotatable bonds is 6. The van der Waals surface area contributed by atoms with Crippen molar-refractivity contribution in [3.05, 3.63) is 35.4 Å². The summed E-state index contributed by atoms with van der Waals surface area (Å²) in [6, 6.07) is 8.67. The topological polar surface area (TPSA) is 78.2 Å². The summed E-state index contributed by atoms with van der Waals surface area (Å²) in [4.78, 5) is 0. The summed E-state index contributed by atoms with van der Waals surface area (Å²) in [6.07, 6.45) is 0.174. The van der Waals surface area contributed by atoms with Crippen LogP contribution in [0.3, 0.4) is 0 Å². The zero-order valence-corrected chi connectivity index (χ0v) is 11.2. The quantitative estimate of drug-likeness (QED) is 0.852. The molecule has 1 rings (SSSR count). The van der Waals surface area contributed by atoms with Crippen LogP contribution in [0.1, 0.15) is 37.0 Å². The van der Waals surface area contributed by atoms with Crippen LogP contribution < -0.4 is 0 Å². The fraction of sp³-hybridized carbons (Fsp3) is 0.462. The summed E-state index contributed by atoms with van der Waals surface area (Å²) < 4.78 is 22.6. The Morgan fingerprint density at radius 3 is 2.44 bits per heavy atom. The summed E-state index contributed by atoms with van der Waals surface area (Å²) in [7, 11) is -2.96. The Bertz CT molecular complexity index is 514. The van der Waals surface area contributed by atoms with E-state index in [-0.39, 0.29) is 11.5 Å². The van der Waals surface area contributed by atoms with Gasteiger partial charge >= 0.3 is 0 Å². The summed E-state index contributed by atoms with van der Waals surface area (Å²) >= 11 is 0. The molecule has 18 heavy (non-hydrogen) atoms. The van der Waals surface area contributed by atoms with E-state index in [0.717, 1.165) is 0 Å². The molecule has 1 unspecified atom stereocenters. The van der Waals surface area contributed by atoms with Crippen LogP contribution in [0.5, 0.6) is 0 Å². The fourth-order valence-electron chi connectivity index (χ4n) is 1.59. The minimum atomic E-state index is -2.96. The van der Waals surface area contributed by atoms with E-state index in [1.165, 1.54) is 0 Å². The van der Waals surface area contributed by atoms with Crippen LogP contribution in [0.2, 0.25) is 0 Å². The van der Waals surface area contributed by atoms with Gasteiger partial charge in [0.25, 0.3) is 0 Å². The molecular weight excluding hydrogens is 250 g/mol. The maximum Gasteiger partial charge on any atom is 0.150 e. The van der Waals surface area contributed by atoms with Crippen LogP contribution in [0.25, 0.3) is 0 Å². The van der Waals surface area contributed by atoms with Crippen LogP contribution in [-0.4, -0.2) is 25.0 Å². The van der Waals surface area contributed by atoms with Gasteiger partial charge in [0, 0.05) is 5.75 Å². The van der Waals surface area contributed by atoms with Gasteiger partial charge in [0.15, 0.2) is 0 Å². The second-order valence-electron chi connectivity index (χ2n) is 4.13. The molecule has 1 aromatic rings. The molecule has 1 N–H and O–H groups in total. The molecule has 1 atom stereocenters. The fourth-order valence-corrected chi connectivity index (χ4v) is 2.48. The van der Waals surface area contributed by atoms with E-state index in [4.69, 9.17) is 5.26 Å². The highest BCUT2D eigenvalue weighted by Crippen LogP contribution is 2.19. The van der Waals surface area contributed by atoms with Gasteiger partial charge in [-0.25, -0.2) is 8.42 Å². The lowest BCUT2D eigenvalue weighted by Gasteiger charge is -2.10. The van der Waals surface area contributed by atoms with Gasteiger partial charge in [0.05, 0.1) is 23.5 Å². The van der Waals surface area contributed by atoms with Crippen molar-refractivity contribution in [2.45, 2.75) is 25.9 Å². The summed E-state index contributed by atoms with van der Waals surface area (Å²) in [5, 5.41) is 18.5. The van der Waals surface area contributed by atoms with Gasteiger partial charge in [-0.05, 0) is 30.5 Å². The lowest BCUT2D eigenvalue weighted by molar-refractivity contribution is 0.166. The van der Waals surface area contributed by atoms with Crippen molar-refractivity contribution in [3.63, 3.8) is 0 Å². The number of hydrogen-bond acceptors (Lipinski definition) is 4. The van der Waals surface area contributed by atoms with Gasteiger partial charge in [-0.1, -0.05) is 19.1 Å². The lowest BCUT2D eigenvalue weighted by atomic mass is 10.0. The van der Waals surface area contributed by atoms with E-state index in [0.29, 0.717) is 24.0 Å². The SMILES string of the molecule is CCS(=O)(=O)CCCC(O)c1ccc(C#N)cc1. The molecule has 0 spiro atoms. The molecule has 0 aliphatic carbocycles. The molecule has 0 aromatic heterocycles. The standard InChI is InChI=1S/C13H17NO3S/c1-2-18(16,17)9-3-4-13(15)12-7-5-11(10-14)6-8-12/h5-8,13,15H,2-4,9H2,1H3. The van der Waals surface area contributed by atoms with E-state index in [1.807, 2.05) is 6.07 Å². The van der Waals surface area contributed by atoms with Gasteiger partial charge in [0.2, 0.25) is 0 Å².